The molecule has 0 bridgehead atoms. The van der Waals surface area contributed by atoms with E-state index in [1.54, 1.807) is 0 Å². The predicted octanol–water partition coefficient (Wildman–Crippen LogP) is 2.43. The number of aromatic nitrogens is 2. The molecule has 0 aromatic carbocycles. The van der Waals surface area contributed by atoms with Crippen molar-refractivity contribution in [3.63, 3.8) is 0 Å². The van der Waals surface area contributed by atoms with Gasteiger partial charge in [0.1, 0.15) is 5.82 Å². The van der Waals surface area contributed by atoms with Crippen LogP contribution in [0.2, 0.25) is 0 Å². The molecule has 1 aromatic rings. The van der Waals surface area contributed by atoms with E-state index in [2.05, 4.69) is 27.5 Å². The minimum atomic E-state index is 0.497. The number of aryl methyl sites for hydroxylation is 1. The standard InChI is InChI=1S/C12H20N4/c1-4-13-11-15-9(2)7-10(16-11)14-8-12(3)5-6-12/h7H,4-6,8H2,1-3H3,(H2,13,14,15,16). The van der Waals surface area contributed by atoms with Crippen LogP contribution in [-0.4, -0.2) is 23.1 Å². The molecule has 0 aliphatic heterocycles. The van der Waals surface area contributed by atoms with Crippen LogP contribution < -0.4 is 10.6 Å². The molecule has 1 saturated carbocycles. The highest BCUT2D eigenvalue weighted by atomic mass is 15.1. The van der Waals surface area contributed by atoms with Crippen LogP contribution in [0.3, 0.4) is 0 Å². The van der Waals surface area contributed by atoms with Crippen molar-refractivity contribution in [3.05, 3.63) is 11.8 Å². The monoisotopic (exact) mass is 220 g/mol. The number of hydrogen-bond acceptors (Lipinski definition) is 4. The topological polar surface area (TPSA) is 49.8 Å². The van der Waals surface area contributed by atoms with E-state index in [0.29, 0.717) is 11.4 Å². The van der Waals surface area contributed by atoms with Crippen molar-refractivity contribution < 1.29 is 0 Å². The SMILES string of the molecule is CCNc1nc(C)cc(NCC2(C)CC2)n1. The van der Waals surface area contributed by atoms with Gasteiger partial charge < -0.3 is 10.6 Å². The molecule has 0 amide bonds. The molecule has 88 valence electrons. The fourth-order valence-electron chi connectivity index (χ4n) is 1.59. The second kappa shape index (κ2) is 4.28. The Labute approximate surface area is 96.9 Å². The first-order valence-electron chi connectivity index (χ1n) is 5.95. The van der Waals surface area contributed by atoms with Crippen molar-refractivity contribution in [3.8, 4) is 0 Å². The van der Waals surface area contributed by atoms with E-state index in [-0.39, 0.29) is 0 Å². The summed E-state index contributed by atoms with van der Waals surface area (Å²) in [6, 6.07) is 1.99. The molecule has 2 rings (SSSR count). The van der Waals surface area contributed by atoms with Crippen LogP contribution >= 0.6 is 0 Å². The van der Waals surface area contributed by atoms with Crippen LogP contribution in [0.5, 0.6) is 0 Å². The zero-order valence-corrected chi connectivity index (χ0v) is 10.3. The molecule has 1 heterocycles. The van der Waals surface area contributed by atoms with E-state index < -0.39 is 0 Å². The third kappa shape index (κ3) is 2.84. The summed E-state index contributed by atoms with van der Waals surface area (Å²) >= 11 is 0. The summed E-state index contributed by atoms with van der Waals surface area (Å²) < 4.78 is 0. The average molecular weight is 220 g/mol. The third-order valence-electron chi connectivity index (χ3n) is 2.99. The molecule has 2 N–H and O–H groups in total. The second-order valence-electron chi connectivity index (χ2n) is 4.91. The van der Waals surface area contributed by atoms with Gasteiger partial charge in [-0.1, -0.05) is 6.92 Å². The van der Waals surface area contributed by atoms with E-state index >= 15 is 0 Å². The van der Waals surface area contributed by atoms with Crippen LogP contribution in [0.15, 0.2) is 6.07 Å². The van der Waals surface area contributed by atoms with Gasteiger partial charge in [0.25, 0.3) is 0 Å². The van der Waals surface area contributed by atoms with Gasteiger partial charge in [0.05, 0.1) is 0 Å². The lowest BCUT2D eigenvalue weighted by Crippen LogP contribution is -2.14. The average Bonchev–Trinajstić information content (AvgIpc) is 2.94. The Balaban J connectivity index is 2.01. The lowest BCUT2D eigenvalue weighted by Gasteiger charge is -2.12. The van der Waals surface area contributed by atoms with Gasteiger partial charge in [0, 0.05) is 24.8 Å². The van der Waals surface area contributed by atoms with Crippen LogP contribution in [0.1, 0.15) is 32.4 Å². The number of anilines is 2. The molecule has 0 radical (unpaired) electrons. The maximum atomic E-state index is 4.42. The quantitative estimate of drug-likeness (QED) is 0.800. The fourth-order valence-corrected chi connectivity index (χ4v) is 1.59. The number of nitrogens with zero attached hydrogens (tertiary/aromatic N) is 2. The lowest BCUT2D eigenvalue weighted by molar-refractivity contribution is 0.609. The Kier molecular flexibility index (Phi) is 2.99. The number of nitrogens with one attached hydrogen (secondary N) is 2. The zero-order valence-electron chi connectivity index (χ0n) is 10.3. The molecular formula is C12H20N4. The van der Waals surface area contributed by atoms with Crippen LogP contribution in [0.4, 0.5) is 11.8 Å². The lowest BCUT2D eigenvalue weighted by atomic mass is 10.1. The highest BCUT2D eigenvalue weighted by Gasteiger charge is 2.36. The van der Waals surface area contributed by atoms with Gasteiger partial charge in [-0.25, -0.2) is 4.98 Å². The summed E-state index contributed by atoms with van der Waals surface area (Å²) in [7, 11) is 0. The minimum Gasteiger partial charge on any atom is -0.369 e. The molecule has 0 saturated heterocycles. The molecule has 1 aliphatic rings. The molecule has 1 aliphatic carbocycles. The van der Waals surface area contributed by atoms with Crippen molar-refractivity contribution in [2.24, 2.45) is 5.41 Å². The minimum absolute atomic E-state index is 0.497. The maximum Gasteiger partial charge on any atom is 0.224 e. The van der Waals surface area contributed by atoms with Gasteiger partial charge in [-0.3, -0.25) is 0 Å². The van der Waals surface area contributed by atoms with Crippen molar-refractivity contribution in [1.82, 2.24) is 9.97 Å². The Hall–Kier alpha value is -1.32. The molecule has 1 fully saturated rings. The van der Waals surface area contributed by atoms with E-state index in [4.69, 9.17) is 0 Å². The summed E-state index contributed by atoms with van der Waals surface area (Å²) in [6.45, 7) is 8.20. The molecule has 16 heavy (non-hydrogen) atoms. The summed E-state index contributed by atoms with van der Waals surface area (Å²) in [6.07, 6.45) is 2.65. The first kappa shape index (κ1) is 11.2. The molecule has 0 atom stereocenters. The fraction of sp³-hybridized carbons (Fsp3) is 0.667. The van der Waals surface area contributed by atoms with Crippen molar-refractivity contribution >= 4 is 11.8 Å². The van der Waals surface area contributed by atoms with Gasteiger partial charge in [-0.15, -0.1) is 0 Å². The Morgan fingerprint density at radius 1 is 1.31 bits per heavy atom. The molecule has 0 unspecified atom stereocenters. The highest BCUT2D eigenvalue weighted by molar-refractivity contribution is 5.42. The maximum absolute atomic E-state index is 4.42. The Morgan fingerprint density at radius 2 is 2.06 bits per heavy atom. The Morgan fingerprint density at radius 3 is 2.69 bits per heavy atom. The van der Waals surface area contributed by atoms with Crippen LogP contribution in [-0.2, 0) is 0 Å². The van der Waals surface area contributed by atoms with Crippen molar-refractivity contribution in [2.75, 3.05) is 23.7 Å². The molecule has 4 nitrogen and oxygen atoms in total. The van der Waals surface area contributed by atoms with Gasteiger partial charge in [0.2, 0.25) is 5.95 Å². The smallest absolute Gasteiger partial charge is 0.224 e. The van der Waals surface area contributed by atoms with Gasteiger partial charge in [-0.2, -0.15) is 4.98 Å². The van der Waals surface area contributed by atoms with Crippen molar-refractivity contribution in [1.29, 1.82) is 0 Å². The van der Waals surface area contributed by atoms with Gasteiger partial charge >= 0.3 is 0 Å². The van der Waals surface area contributed by atoms with E-state index in [1.807, 2.05) is 19.9 Å². The Bertz CT molecular complexity index is 371. The highest BCUT2D eigenvalue weighted by Crippen LogP contribution is 2.44. The summed E-state index contributed by atoms with van der Waals surface area (Å²) in [5.41, 5.74) is 1.49. The van der Waals surface area contributed by atoms with Gasteiger partial charge in [-0.05, 0) is 32.1 Å². The molecule has 0 spiro atoms. The van der Waals surface area contributed by atoms with Crippen LogP contribution in [0.25, 0.3) is 0 Å². The normalized spacial score (nSPS) is 16.9. The summed E-state index contributed by atoms with van der Waals surface area (Å²) in [4.78, 5) is 8.74. The van der Waals surface area contributed by atoms with E-state index in [0.717, 1.165) is 24.6 Å². The summed E-state index contributed by atoms with van der Waals surface area (Å²) in [5, 5.41) is 6.53. The van der Waals surface area contributed by atoms with Crippen LogP contribution in [0, 0.1) is 12.3 Å². The zero-order chi connectivity index (χ0) is 11.6. The first-order valence-corrected chi connectivity index (χ1v) is 5.95. The predicted molar refractivity (Wildman–Crippen MR) is 66.8 cm³/mol. The van der Waals surface area contributed by atoms with Crippen molar-refractivity contribution in [2.45, 2.75) is 33.6 Å². The molecular weight excluding hydrogens is 200 g/mol. The third-order valence-corrected chi connectivity index (χ3v) is 2.99. The van der Waals surface area contributed by atoms with E-state index in [9.17, 15) is 0 Å². The summed E-state index contributed by atoms with van der Waals surface area (Å²) in [5.74, 6) is 1.64. The van der Waals surface area contributed by atoms with Gasteiger partial charge in [0.15, 0.2) is 0 Å². The molecule has 1 aromatic heterocycles. The number of rotatable bonds is 5. The largest absolute Gasteiger partial charge is 0.369 e. The first-order chi connectivity index (χ1) is 7.61. The molecule has 4 heteroatoms. The number of hydrogen-bond donors (Lipinski definition) is 2. The second-order valence-corrected chi connectivity index (χ2v) is 4.91. The van der Waals surface area contributed by atoms with E-state index in [1.165, 1.54) is 12.8 Å².